The van der Waals surface area contributed by atoms with Crippen molar-refractivity contribution in [2.75, 3.05) is 7.11 Å². The summed E-state index contributed by atoms with van der Waals surface area (Å²) in [5.74, 6) is 0.925. The molecule has 0 heterocycles. The van der Waals surface area contributed by atoms with Crippen LogP contribution < -0.4 is 15.1 Å². The molecule has 0 saturated carbocycles. The Balaban J connectivity index is 1.83. The molecule has 0 radical (unpaired) electrons. The summed E-state index contributed by atoms with van der Waals surface area (Å²) in [6, 6.07) is 43.5. The minimum Gasteiger partial charge on any atom is -0.497 e. The molecule has 0 aromatic heterocycles. The van der Waals surface area contributed by atoms with Gasteiger partial charge >= 0.3 is 0 Å². The molecule has 31 heavy (non-hydrogen) atoms. The second-order valence-corrected chi connectivity index (χ2v) is 15.1. The first kappa shape index (κ1) is 21.3. The predicted molar refractivity (Wildman–Crippen MR) is 138 cm³/mol. The van der Waals surface area contributed by atoms with Gasteiger partial charge in [0.05, 0.1) is 7.11 Å². The van der Waals surface area contributed by atoms with Gasteiger partial charge in [0, 0.05) is 9.52 Å². The van der Waals surface area contributed by atoms with Gasteiger partial charge in [-0.1, -0.05) is 126 Å². The highest BCUT2D eigenvalue weighted by molar-refractivity contribution is 6.93. The van der Waals surface area contributed by atoms with Crippen LogP contribution >= 0.6 is 0 Å². The van der Waals surface area contributed by atoms with E-state index in [1.165, 1.54) is 27.5 Å². The van der Waals surface area contributed by atoms with Gasteiger partial charge in [-0.15, -0.1) is 0 Å². The van der Waals surface area contributed by atoms with Gasteiger partial charge in [0.25, 0.3) is 0 Å². The molecule has 156 valence electrons. The predicted octanol–water partition coefficient (Wildman–Crippen LogP) is 3.86. The molecule has 0 fully saturated rings. The highest BCUT2D eigenvalue weighted by atomic mass is 28.3. The summed E-state index contributed by atoms with van der Waals surface area (Å²) in [5.41, 5.74) is 2.92. The summed E-state index contributed by atoms with van der Waals surface area (Å²) < 4.78 is 5.65. The Morgan fingerprint density at radius 2 is 1.16 bits per heavy atom. The van der Waals surface area contributed by atoms with Crippen molar-refractivity contribution in [1.29, 1.82) is 0 Å². The summed E-state index contributed by atoms with van der Waals surface area (Å²) in [4.78, 5) is 0. The molecule has 0 N–H and O–H groups in total. The molecule has 1 nitrogen and oxygen atoms in total. The van der Waals surface area contributed by atoms with E-state index in [-0.39, 0.29) is 4.66 Å². The van der Waals surface area contributed by atoms with Crippen LogP contribution in [0.1, 0.15) is 18.1 Å². The maximum absolute atomic E-state index is 5.46. The van der Waals surface area contributed by atoms with Crippen molar-refractivity contribution in [3.63, 3.8) is 0 Å². The van der Waals surface area contributed by atoms with E-state index in [1.807, 2.05) is 0 Å². The molecular formula is C28H30OSi2. The van der Waals surface area contributed by atoms with Crippen LogP contribution in [0.4, 0.5) is 0 Å². The summed E-state index contributed by atoms with van der Waals surface area (Å²) >= 11 is 0. The lowest BCUT2D eigenvalue weighted by atomic mass is 10.1. The molecule has 4 aromatic rings. The molecule has 0 aliphatic carbocycles. The minimum absolute atomic E-state index is 0.185. The number of benzene rings is 4. The highest BCUT2D eigenvalue weighted by Crippen LogP contribution is 2.29. The second kappa shape index (κ2) is 9.95. The molecule has 1 atom stereocenters. The number of ether oxygens (including phenoxy) is 1. The van der Waals surface area contributed by atoms with Crippen molar-refractivity contribution in [2.24, 2.45) is 0 Å². The van der Waals surface area contributed by atoms with E-state index in [0.717, 1.165) is 5.75 Å². The van der Waals surface area contributed by atoms with Gasteiger partial charge < -0.3 is 4.74 Å². The monoisotopic (exact) mass is 438 g/mol. The second-order valence-electron chi connectivity index (χ2n) is 8.39. The third-order valence-electron chi connectivity index (χ3n) is 6.43. The number of methoxy groups -OCH3 is 1. The third-order valence-corrected chi connectivity index (χ3v) is 14.5. The van der Waals surface area contributed by atoms with E-state index in [1.54, 1.807) is 7.11 Å². The summed E-state index contributed by atoms with van der Waals surface area (Å²) in [7, 11) is -0.312. The van der Waals surface area contributed by atoms with Crippen molar-refractivity contribution in [1.82, 2.24) is 0 Å². The molecule has 0 saturated heterocycles. The first-order chi connectivity index (χ1) is 15.2. The van der Waals surface area contributed by atoms with Crippen LogP contribution in [-0.4, -0.2) is 25.4 Å². The van der Waals surface area contributed by atoms with E-state index >= 15 is 0 Å². The summed E-state index contributed by atoms with van der Waals surface area (Å²) in [5, 5.41) is 3.04. The van der Waals surface area contributed by atoms with Crippen molar-refractivity contribution >= 4 is 28.7 Å². The SMILES string of the molecule is COc1ccc(C(C)([SiH2]Cc2ccccc2)[SiH](c2ccccc2)c2ccccc2)cc1. The van der Waals surface area contributed by atoms with E-state index in [0.29, 0.717) is 0 Å². The van der Waals surface area contributed by atoms with Crippen LogP contribution in [0.15, 0.2) is 115 Å². The smallest absolute Gasteiger partial charge is 0.118 e. The third kappa shape index (κ3) is 4.89. The van der Waals surface area contributed by atoms with Gasteiger partial charge in [-0.25, -0.2) is 0 Å². The van der Waals surface area contributed by atoms with Crippen LogP contribution in [0.3, 0.4) is 0 Å². The zero-order valence-electron chi connectivity index (χ0n) is 18.4. The maximum atomic E-state index is 5.46. The Kier molecular flexibility index (Phi) is 6.85. The van der Waals surface area contributed by atoms with Crippen LogP contribution in [0, 0.1) is 0 Å². The van der Waals surface area contributed by atoms with Crippen molar-refractivity contribution in [3.8, 4) is 5.75 Å². The van der Waals surface area contributed by atoms with E-state index in [9.17, 15) is 0 Å². The number of hydrogen-bond acceptors (Lipinski definition) is 1. The fourth-order valence-corrected chi connectivity index (χ4v) is 13.0. The lowest BCUT2D eigenvalue weighted by molar-refractivity contribution is 0.414. The van der Waals surface area contributed by atoms with Crippen LogP contribution in [-0.2, 0) is 10.7 Å². The van der Waals surface area contributed by atoms with Crippen molar-refractivity contribution in [3.05, 3.63) is 126 Å². The zero-order chi connectivity index (χ0) is 21.5. The molecule has 1 unspecified atom stereocenters. The average Bonchev–Trinajstić information content (AvgIpc) is 2.85. The Bertz CT molecular complexity index is 1030. The fourth-order valence-electron chi connectivity index (χ4n) is 4.69. The minimum atomic E-state index is -1.55. The van der Waals surface area contributed by atoms with Gasteiger partial charge in [-0.05, 0) is 28.4 Å². The average molecular weight is 439 g/mol. The summed E-state index contributed by atoms with van der Waals surface area (Å²) in [6.45, 7) is 2.54. The molecule has 0 aliphatic heterocycles. The van der Waals surface area contributed by atoms with Gasteiger partial charge in [-0.2, -0.15) is 0 Å². The Labute approximate surface area is 190 Å². The largest absolute Gasteiger partial charge is 0.497 e. The molecule has 4 rings (SSSR count). The molecule has 4 aromatic carbocycles. The van der Waals surface area contributed by atoms with Crippen LogP contribution in [0.5, 0.6) is 5.75 Å². The lowest BCUT2D eigenvalue weighted by Crippen LogP contribution is -2.60. The maximum Gasteiger partial charge on any atom is 0.118 e. The molecular weight excluding hydrogens is 408 g/mol. The lowest BCUT2D eigenvalue weighted by Gasteiger charge is -2.38. The van der Waals surface area contributed by atoms with Crippen molar-refractivity contribution in [2.45, 2.75) is 17.6 Å². The Morgan fingerprint density at radius 1 is 0.677 bits per heavy atom. The highest BCUT2D eigenvalue weighted by Gasteiger charge is 2.39. The molecule has 0 amide bonds. The van der Waals surface area contributed by atoms with E-state index in [2.05, 4.69) is 122 Å². The zero-order valence-corrected chi connectivity index (χ0v) is 20.9. The van der Waals surface area contributed by atoms with E-state index in [4.69, 9.17) is 4.74 Å². The van der Waals surface area contributed by atoms with Crippen LogP contribution in [0.2, 0.25) is 0 Å². The van der Waals surface area contributed by atoms with Gasteiger partial charge in [0.2, 0.25) is 0 Å². The first-order valence-electron chi connectivity index (χ1n) is 11.0. The first-order valence-corrected chi connectivity index (χ1v) is 14.4. The molecule has 3 heteroatoms. The van der Waals surface area contributed by atoms with Crippen molar-refractivity contribution < 1.29 is 4.74 Å². The normalized spacial score (nSPS) is 13.4. The van der Waals surface area contributed by atoms with E-state index < -0.39 is 18.3 Å². The number of hydrogen-bond donors (Lipinski definition) is 0. The molecule has 0 spiro atoms. The Hall–Kier alpha value is -2.89. The standard InChI is InChI=1S/C28H30OSi2/c1-28(24-18-20-25(29-2)21-19-24,30-22-23-12-6-3-7-13-23)31(26-14-8-4-9-15-26)27-16-10-5-11-17-27/h3-21,31H,22,30H2,1-2H3. The summed E-state index contributed by atoms with van der Waals surface area (Å²) in [6.07, 6.45) is 0. The molecule has 0 aliphatic rings. The van der Waals surface area contributed by atoms with Gasteiger partial charge in [-0.3, -0.25) is 0 Å². The topological polar surface area (TPSA) is 9.23 Å². The molecule has 0 bridgehead atoms. The van der Waals surface area contributed by atoms with Gasteiger partial charge in [0.15, 0.2) is 0 Å². The fraction of sp³-hybridized carbons (Fsp3) is 0.143. The van der Waals surface area contributed by atoms with Crippen LogP contribution in [0.25, 0.3) is 0 Å². The quantitative estimate of drug-likeness (QED) is 0.380. The Morgan fingerprint density at radius 3 is 1.65 bits per heavy atom. The number of rotatable bonds is 8. The van der Waals surface area contributed by atoms with Gasteiger partial charge in [0.1, 0.15) is 14.5 Å².